The molecular weight excluding hydrogens is 270 g/mol. The van der Waals surface area contributed by atoms with Gasteiger partial charge in [0.15, 0.2) is 0 Å². The fourth-order valence-corrected chi connectivity index (χ4v) is 1.38. The van der Waals surface area contributed by atoms with Crippen LogP contribution in [0.1, 0.15) is 25.0 Å². The lowest BCUT2D eigenvalue weighted by Gasteiger charge is -2.19. The molecule has 0 aromatic heterocycles. The molecular formula is C11H11Cl3O2. The SMILES string of the molecule is CC[C@H](OC(=O)C(Cl)(Cl)Cl)c1ccccc1. The van der Waals surface area contributed by atoms with E-state index in [0.717, 1.165) is 5.56 Å². The summed E-state index contributed by atoms with van der Waals surface area (Å²) in [5.74, 6) is -0.854. The van der Waals surface area contributed by atoms with E-state index in [-0.39, 0.29) is 6.10 Å². The van der Waals surface area contributed by atoms with Crippen molar-refractivity contribution >= 4 is 40.8 Å². The maximum absolute atomic E-state index is 11.4. The van der Waals surface area contributed by atoms with Crippen molar-refractivity contribution in [1.29, 1.82) is 0 Å². The molecule has 0 aliphatic carbocycles. The molecule has 1 aromatic rings. The molecule has 0 aliphatic heterocycles. The average Bonchev–Trinajstić information content (AvgIpc) is 2.25. The van der Waals surface area contributed by atoms with Crippen LogP contribution in [0.2, 0.25) is 0 Å². The molecule has 0 amide bonds. The van der Waals surface area contributed by atoms with Gasteiger partial charge in [-0.3, -0.25) is 0 Å². The highest BCUT2D eigenvalue weighted by molar-refractivity contribution is 6.75. The molecule has 0 radical (unpaired) electrons. The first-order chi connectivity index (χ1) is 7.45. The van der Waals surface area contributed by atoms with Gasteiger partial charge >= 0.3 is 5.97 Å². The second kappa shape index (κ2) is 5.76. The summed E-state index contributed by atoms with van der Waals surface area (Å²) in [7, 11) is 0. The Kier molecular flexibility index (Phi) is 4.90. The number of carbonyl (C=O) groups excluding carboxylic acids is 1. The van der Waals surface area contributed by atoms with Gasteiger partial charge in [0.2, 0.25) is 0 Å². The Hall–Kier alpha value is -0.440. The molecule has 0 unspecified atom stereocenters. The van der Waals surface area contributed by atoms with Crippen molar-refractivity contribution in [3.63, 3.8) is 0 Å². The molecule has 1 atom stereocenters. The maximum Gasteiger partial charge on any atom is 0.359 e. The number of rotatable bonds is 3. The zero-order valence-corrected chi connectivity index (χ0v) is 10.9. The van der Waals surface area contributed by atoms with Crippen LogP contribution in [0.5, 0.6) is 0 Å². The van der Waals surface area contributed by atoms with Crippen LogP contribution in [0.3, 0.4) is 0 Å². The van der Waals surface area contributed by atoms with E-state index in [0.29, 0.717) is 6.42 Å². The molecule has 1 aromatic carbocycles. The lowest BCUT2D eigenvalue weighted by Crippen LogP contribution is -2.24. The number of alkyl halides is 3. The van der Waals surface area contributed by atoms with Crippen LogP contribution in [0.15, 0.2) is 30.3 Å². The highest BCUT2D eigenvalue weighted by Crippen LogP contribution is 2.31. The molecule has 88 valence electrons. The molecule has 0 bridgehead atoms. The molecule has 0 saturated heterocycles. The normalized spacial score (nSPS) is 13.2. The third kappa shape index (κ3) is 3.85. The molecule has 0 fully saturated rings. The van der Waals surface area contributed by atoms with E-state index in [1.165, 1.54) is 0 Å². The van der Waals surface area contributed by atoms with Crippen LogP contribution >= 0.6 is 34.8 Å². The van der Waals surface area contributed by atoms with Gasteiger partial charge in [0, 0.05) is 0 Å². The molecule has 16 heavy (non-hydrogen) atoms. The number of esters is 1. The van der Waals surface area contributed by atoms with Gasteiger partial charge in [-0.05, 0) is 12.0 Å². The molecule has 1 rings (SSSR count). The topological polar surface area (TPSA) is 26.3 Å². The zero-order chi connectivity index (χ0) is 12.2. The molecule has 5 heteroatoms. The summed E-state index contributed by atoms with van der Waals surface area (Å²) in [4.78, 5) is 11.4. The van der Waals surface area contributed by atoms with E-state index >= 15 is 0 Å². The number of ether oxygens (including phenoxy) is 1. The summed E-state index contributed by atoms with van der Waals surface area (Å²) >= 11 is 16.3. The van der Waals surface area contributed by atoms with Crippen molar-refractivity contribution in [3.8, 4) is 0 Å². The molecule has 0 heterocycles. The van der Waals surface area contributed by atoms with Gasteiger partial charge in [0.1, 0.15) is 6.10 Å². The number of halogens is 3. The second-order valence-corrected chi connectivity index (χ2v) is 5.49. The van der Waals surface area contributed by atoms with Crippen molar-refractivity contribution in [1.82, 2.24) is 0 Å². The van der Waals surface area contributed by atoms with Crippen molar-refractivity contribution in [2.45, 2.75) is 23.2 Å². The van der Waals surface area contributed by atoms with E-state index in [1.807, 2.05) is 37.3 Å². The Morgan fingerprint density at radius 1 is 1.31 bits per heavy atom. The van der Waals surface area contributed by atoms with Crippen molar-refractivity contribution in [3.05, 3.63) is 35.9 Å². The van der Waals surface area contributed by atoms with Gasteiger partial charge in [-0.2, -0.15) is 0 Å². The number of hydrogen-bond donors (Lipinski definition) is 0. The number of carbonyl (C=O) groups is 1. The summed E-state index contributed by atoms with van der Waals surface area (Å²) in [5, 5.41) is 0. The Bertz CT molecular complexity index is 346. The maximum atomic E-state index is 11.4. The molecule has 0 spiro atoms. The lowest BCUT2D eigenvalue weighted by molar-refractivity contribution is -0.148. The first-order valence-corrected chi connectivity index (χ1v) is 5.91. The first kappa shape index (κ1) is 13.6. The average molecular weight is 282 g/mol. The molecule has 0 aliphatic rings. The summed E-state index contributed by atoms with van der Waals surface area (Å²) in [6.07, 6.45) is 0.237. The minimum Gasteiger partial charge on any atom is -0.454 e. The smallest absolute Gasteiger partial charge is 0.359 e. The van der Waals surface area contributed by atoms with Crippen molar-refractivity contribution in [2.75, 3.05) is 0 Å². The number of hydrogen-bond acceptors (Lipinski definition) is 2. The monoisotopic (exact) mass is 280 g/mol. The van der Waals surface area contributed by atoms with E-state index in [2.05, 4.69) is 0 Å². The quantitative estimate of drug-likeness (QED) is 0.617. The third-order valence-electron chi connectivity index (χ3n) is 2.02. The standard InChI is InChI=1S/C11H11Cl3O2/c1-2-9(8-6-4-3-5-7-8)16-10(15)11(12,13)14/h3-7,9H,2H2,1H3/t9-/m0/s1. The van der Waals surface area contributed by atoms with Crippen LogP contribution in [-0.4, -0.2) is 9.76 Å². The number of benzene rings is 1. The van der Waals surface area contributed by atoms with Crippen LogP contribution in [0.25, 0.3) is 0 Å². The Balaban J connectivity index is 2.75. The molecule has 0 saturated carbocycles. The minimum atomic E-state index is -2.03. The zero-order valence-electron chi connectivity index (χ0n) is 8.62. The van der Waals surface area contributed by atoms with E-state index in [4.69, 9.17) is 39.5 Å². The Labute approximate surface area is 109 Å². The predicted octanol–water partition coefficient (Wildman–Crippen LogP) is 4.05. The van der Waals surface area contributed by atoms with Crippen LogP contribution in [0.4, 0.5) is 0 Å². The van der Waals surface area contributed by atoms with Crippen LogP contribution < -0.4 is 0 Å². The van der Waals surface area contributed by atoms with Gasteiger partial charge in [-0.15, -0.1) is 0 Å². The van der Waals surface area contributed by atoms with Gasteiger partial charge < -0.3 is 4.74 Å². The highest BCUT2D eigenvalue weighted by Gasteiger charge is 2.34. The summed E-state index contributed by atoms with van der Waals surface area (Å²) < 4.78 is 3.09. The third-order valence-corrected chi connectivity index (χ3v) is 2.49. The molecule has 2 nitrogen and oxygen atoms in total. The summed E-state index contributed by atoms with van der Waals surface area (Å²) in [6.45, 7) is 1.89. The van der Waals surface area contributed by atoms with Gasteiger partial charge in [0.25, 0.3) is 3.79 Å². The van der Waals surface area contributed by atoms with E-state index in [1.54, 1.807) is 0 Å². The second-order valence-electron chi connectivity index (χ2n) is 3.21. The van der Waals surface area contributed by atoms with Crippen LogP contribution in [-0.2, 0) is 9.53 Å². The predicted molar refractivity (Wildman–Crippen MR) is 65.9 cm³/mol. The largest absolute Gasteiger partial charge is 0.454 e. The van der Waals surface area contributed by atoms with Crippen molar-refractivity contribution < 1.29 is 9.53 Å². The fourth-order valence-electron chi connectivity index (χ4n) is 1.25. The fraction of sp³-hybridized carbons (Fsp3) is 0.364. The van der Waals surface area contributed by atoms with Gasteiger partial charge in [0.05, 0.1) is 0 Å². The summed E-state index contributed by atoms with van der Waals surface area (Å²) in [5.41, 5.74) is 0.882. The Morgan fingerprint density at radius 3 is 2.31 bits per heavy atom. The summed E-state index contributed by atoms with van der Waals surface area (Å²) in [6, 6.07) is 9.33. The van der Waals surface area contributed by atoms with Gasteiger partial charge in [-0.1, -0.05) is 72.1 Å². The van der Waals surface area contributed by atoms with Crippen LogP contribution in [0, 0.1) is 0 Å². The van der Waals surface area contributed by atoms with Gasteiger partial charge in [-0.25, -0.2) is 4.79 Å². The molecule has 0 N–H and O–H groups in total. The minimum absolute atomic E-state index is 0.385. The van der Waals surface area contributed by atoms with Crippen molar-refractivity contribution in [2.24, 2.45) is 0 Å². The lowest BCUT2D eigenvalue weighted by atomic mass is 10.1. The first-order valence-electron chi connectivity index (χ1n) is 4.78. The highest BCUT2D eigenvalue weighted by atomic mass is 35.6. The van der Waals surface area contributed by atoms with E-state index in [9.17, 15) is 4.79 Å². The Morgan fingerprint density at radius 2 is 1.88 bits per heavy atom. The van der Waals surface area contributed by atoms with E-state index < -0.39 is 9.76 Å².